The van der Waals surface area contributed by atoms with Crippen LogP contribution in [0.25, 0.3) is 0 Å². The Morgan fingerprint density at radius 1 is 1.15 bits per heavy atom. The van der Waals surface area contributed by atoms with Crippen LogP contribution in [0.3, 0.4) is 0 Å². The largest absolute Gasteiger partial charge is 0.336 e. The molecule has 0 aromatic carbocycles. The van der Waals surface area contributed by atoms with Crippen LogP contribution in [0.5, 0.6) is 0 Å². The molecule has 0 spiro atoms. The van der Waals surface area contributed by atoms with Crippen molar-refractivity contribution < 1.29 is 4.79 Å². The number of nitrogens with zero attached hydrogens (tertiary/aromatic N) is 1. The predicted octanol–water partition coefficient (Wildman–Crippen LogP) is 2.56. The van der Waals surface area contributed by atoms with E-state index in [0.29, 0.717) is 5.91 Å². The molecular weight excluding hydrogens is 248 g/mol. The summed E-state index contributed by atoms with van der Waals surface area (Å²) in [7, 11) is 0. The highest BCUT2D eigenvalue weighted by Gasteiger charge is 2.56. The van der Waals surface area contributed by atoms with Crippen LogP contribution >= 0.6 is 0 Å². The lowest BCUT2D eigenvalue weighted by Gasteiger charge is -2.59. The van der Waals surface area contributed by atoms with Gasteiger partial charge in [-0.1, -0.05) is 6.92 Å². The summed E-state index contributed by atoms with van der Waals surface area (Å²) in [5.74, 6) is 3.20. The van der Waals surface area contributed by atoms with Crippen molar-refractivity contribution >= 4 is 5.91 Å². The number of amides is 1. The van der Waals surface area contributed by atoms with E-state index in [-0.39, 0.29) is 11.6 Å². The Kier molecular flexibility index (Phi) is 3.10. The van der Waals surface area contributed by atoms with E-state index in [2.05, 4.69) is 17.1 Å². The van der Waals surface area contributed by atoms with Crippen LogP contribution in [0.15, 0.2) is 0 Å². The first-order valence-corrected chi connectivity index (χ1v) is 8.75. The fraction of sp³-hybridized carbons (Fsp3) is 0.941. The van der Waals surface area contributed by atoms with Crippen molar-refractivity contribution in [3.05, 3.63) is 0 Å². The second-order valence-corrected chi connectivity index (χ2v) is 7.93. The van der Waals surface area contributed by atoms with E-state index in [1.54, 1.807) is 0 Å². The van der Waals surface area contributed by atoms with E-state index in [1.165, 1.54) is 38.5 Å². The molecule has 1 amide bonds. The molecule has 1 atom stereocenters. The molecule has 3 heteroatoms. The molecule has 5 fully saturated rings. The van der Waals surface area contributed by atoms with Crippen molar-refractivity contribution in [1.29, 1.82) is 0 Å². The molecule has 5 aliphatic rings. The highest BCUT2D eigenvalue weighted by atomic mass is 16.2. The summed E-state index contributed by atoms with van der Waals surface area (Å²) in [5, 5.41) is 3.45. The summed E-state index contributed by atoms with van der Waals surface area (Å²) in [6, 6.07) is 0.114. The van der Waals surface area contributed by atoms with Crippen molar-refractivity contribution in [3.63, 3.8) is 0 Å². The van der Waals surface area contributed by atoms with Gasteiger partial charge in [0, 0.05) is 12.1 Å². The molecule has 1 N–H and O–H groups in total. The molecule has 4 bridgehead atoms. The van der Waals surface area contributed by atoms with Crippen LogP contribution in [0.1, 0.15) is 58.3 Å². The van der Waals surface area contributed by atoms with E-state index in [4.69, 9.17) is 0 Å². The minimum absolute atomic E-state index is 0.114. The summed E-state index contributed by atoms with van der Waals surface area (Å²) < 4.78 is 0. The lowest BCUT2D eigenvalue weighted by atomic mass is 9.52. The standard InChI is InChI=1S/C17H28N2O/c1-2-4-18-15-3-5-19(16(15)20)17-9-12-6-13(10-17)8-14(7-12)11-17/h12-15,18H,2-11H2,1H3. The lowest BCUT2D eigenvalue weighted by molar-refractivity contribution is -0.146. The summed E-state index contributed by atoms with van der Waals surface area (Å²) in [4.78, 5) is 15.1. The Balaban J connectivity index is 1.52. The molecule has 112 valence electrons. The summed E-state index contributed by atoms with van der Waals surface area (Å²) in [6.45, 7) is 4.15. The van der Waals surface area contributed by atoms with Crippen LogP contribution in [0.4, 0.5) is 0 Å². The summed E-state index contributed by atoms with van der Waals surface area (Å²) in [5.41, 5.74) is 0.272. The fourth-order valence-corrected chi connectivity index (χ4v) is 6.05. The molecule has 1 saturated heterocycles. The molecule has 0 aromatic heterocycles. The third-order valence-corrected chi connectivity index (χ3v) is 6.42. The first kappa shape index (κ1) is 13.1. The van der Waals surface area contributed by atoms with Crippen LogP contribution < -0.4 is 5.32 Å². The van der Waals surface area contributed by atoms with E-state index in [9.17, 15) is 4.79 Å². The molecular formula is C17H28N2O. The molecule has 0 aromatic rings. The monoisotopic (exact) mass is 276 g/mol. The maximum atomic E-state index is 12.8. The van der Waals surface area contributed by atoms with Gasteiger partial charge in [-0.25, -0.2) is 0 Å². The summed E-state index contributed by atoms with van der Waals surface area (Å²) >= 11 is 0. The van der Waals surface area contributed by atoms with Crippen molar-refractivity contribution in [2.75, 3.05) is 13.1 Å². The second-order valence-electron chi connectivity index (χ2n) is 7.93. The topological polar surface area (TPSA) is 32.3 Å². The van der Waals surface area contributed by atoms with Crippen LogP contribution in [0.2, 0.25) is 0 Å². The molecule has 1 unspecified atom stereocenters. The zero-order valence-electron chi connectivity index (χ0n) is 12.7. The Bertz CT molecular complexity index is 371. The van der Waals surface area contributed by atoms with E-state index in [1.807, 2.05) is 0 Å². The van der Waals surface area contributed by atoms with Crippen molar-refractivity contribution in [2.24, 2.45) is 17.8 Å². The number of carbonyl (C=O) groups is 1. The first-order valence-electron chi connectivity index (χ1n) is 8.75. The smallest absolute Gasteiger partial charge is 0.240 e. The normalized spacial score (nSPS) is 46.5. The molecule has 5 rings (SSSR count). The van der Waals surface area contributed by atoms with Gasteiger partial charge in [0.15, 0.2) is 0 Å². The third kappa shape index (κ3) is 1.93. The Morgan fingerprint density at radius 2 is 1.75 bits per heavy atom. The number of carbonyl (C=O) groups excluding carboxylic acids is 1. The number of nitrogens with one attached hydrogen (secondary N) is 1. The van der Waals surface area contributed by atoms with Gasteiger partial charge < -0.3 is 10.2 Å². The number of hydrogen-bond donors (Lipinski definition) is 1. The van der Waals surface area contributed by atoms with Gasteiger partial charge in [0.05, 0.1) is 6.04 Å². The van der Waals surface area contributed by atoms with Crippen LogP contribution in [-0.4, -0.2) is 35.5 Å². The second kappa shape index (κ2) is 4.72. The van der Waals surface area contributed by atoms with Gasteiger partial charge >= 0.3 is 0 Å². The van der Waals surface area contributed by atoms with Gasteiger partial charge in [0.1, 0.15) is 0 Å². The maximum Gasteiger partial charge on any atom is 0.240 e. The molecule has 20 heavy (non-hydrogen) atoms. The average Bonchev–Trinajstić information content (AvgIpc) is 2.77. The average molecular weight is 276 g/mol. The molecule has 1 heterocycles. The molecule has 4 aliphatic carbocycles. The first-order chi connectivity index (χ1) is 9.70. The zero-order valence-corrected chi connectivity index (χ0v) is 12.7. The van der Waals surface area contributed by atoms with E-state index >= 15 is 0 Å². The fourth-order valence-electron chi connectivity index (χ4n) is 6.05. The van der Waals surface area contributed by atoms with Gasteiger partial charge in [-0.2, -0.15) is 0 Å². The van der Waals surface area contributed by atoms with Crippen molar-refractivity contribution in [2.45, 2.75) is 69.9 Å². The number of likely N-dealkylation sites (tertiary alicyclic amines) is 1. The van der Waals surface area contributed by atoms with Crippen molar-refractivity contribution in [3.8, 4) is 0 Å². The zero-order chi connectivity index (χ0) is 13.7. The quantitative estimate of drug-likeness (QED) is 0.856. The number of rotatable bonds is 4. The SMILES string of the molecule is CCCNC1CCN(C23CC4CC(CC(C4)C2)C3)C1=O. The molecule has 3 nitrogen and oxygen atoms in total. The Labute approximate surface area is 122 Å². The Morgan fingerprint density at radius 3 is 2.30 bits per heavy atom. The number of hydrogen-bond acceptors (Lipinski definition) is 2. The predicted molar refractivity (Wildman–Crippen MR) is 79.3 cm³/mol. The lowest BCUT2D eigenvalue weighted by Crippen LogP contribution is -2.61. The van der Waals surface area contributed by atoms with E-state index < -0.39 is 0 Å². The van der Waals surface area contributed by atoms with Gasteiger partial charge in [0.2, 0.25) is 5.91 Å². The molecule has 0 radical (unpaired) electrons. The highest BCUT2D eigenvalue weighted by Crippen LogP contribution is 2.58. The van der Waals surface area contributed by atoms with Gasteiger partial charge in [-0.05, 0) is 75.7 Å². The van der Waals surface area contributed by atoms with Gasteiger partial charge in [0.25, 0.3) is 0 Å². The van der Waals surface area contributed by atoms with Gasteiger partial charge in [-0.3, -0.25) is 4.79 Å². The molecule has 1 aliphatic heterocycles. The van der Waals surface area contributed by atoms with Crippen molar-refractivity contribution in [1.82, 2.24) is 10.2 Å². The third-order valence-electron chi connectivity index (χ3n) is 6.42. The minimum atomic E-state index is 0.114. The Hall–Kier alpha value is -0.570. The highest BCUT2D eigenvalue weighted by molar-refractivity contribution is 5.84. The van der Waals surface area contributed by atoms with Gasteiger partial charge in [-0.15, -0.1) is 0 Å². The molecule has 4 saturated carbocycles. The van der Waals surface area contributed by atoms with Crippen LogP contribution in [-0.2, 0) is 4.79 Å². The minimum Gasteiger partial charge on any atom is -0.336 e. The maximum absolute atomic E-state index is 12.8. The van der Waals surface area contributed by atoms with Crippen LogP contribution in [0, 0.1) is 17.8 Å². The summed E-state index contributed by atoms with van der Waals surface area (Å²) in [6.07, 6.45) is 10.4. The van der Waals surface area contributed by atoms with E-state index in [0.717, 1.165) is 43.7 Å².